The highest BCUT2D eigenvalue weighted by molar-refractivity contribution is 5.19. The highest BCUT2D eigenvalue weighted by Crippen LogP contribution is 2.13. The van der Waals surface area contributed by atoms with Crippen molar-refractivity contribution in [3.8, 4) is 0 Å². The van der Waals surface area contributed by atoms with Gasteiger partial charge in [-0.3, -0.25) is 0 Å². The first kappa shape index (κ1) is 12.6. The molecule has 0 aliphatic rings. The van der Waals surface area contributed by atoms with Crippen molar-refractivity contribution >= 4 is 0 Å². The standard InChI is InChI=1S/C12H11F3N2O/c1-7-2-9(17-18-7)6-16-5-8-3-10(13)12(15)11(14)4-8/h2-4,16H,5-6H2,1H3. The quantitative estimate of drug-likeness (QED) is 0.855. The van der Waals surface area contributed by atoms with E-state index in [2.05, 4.69) is 10.5 Å². The first-order valence-corrected chi connectivity index (χ1v) is 5.32. The maximum Gasteiger partial charge on any atom is 0.194 e. The van der Waals surface area contributed by atoms with Gasteiger partial charge in [0.05, 0.1) is 5.69 Å². The van der Waals surface area contributed by atoms with Gasteiger partial charge < -0.3 is 9.84 Å². The van der Waals surface area contributed by atoms with E-state index in [4.69, 9.17) is 4.52 Å². The molecule has 1 heterocycles. The third kappa shape index (κ3) is 2.89. The molecule has 0 saturated heterocycles. The summed E-state index contributed by atoms with van der Waals surface area (Å²) in [6, 6.07) is 3.66. The van der Waals surface area contributed by atoms with E-state index in [0.717, 1.165) is 12.1 Å². The number of halogens is 3. The van der Waals surface area contributed by atoms with E-state index in [1.54, 1.807) is 13.0 Å². The second-order valence-corrected chi connectivity index (χ2v) is 3.91. The van der Waals surface area contributed by atoms with E-state index in [9.17, 15) is 13.2 Å². The van der Waals surface area contributed by atoms with Crippen LogP contribution in [0.15, 0.2) is 22.7 Å². The minimum absolute atomic E-state index is 0.208. The second kappa shape index (κ2) is 5.22. The van der Waals surface area contributed by atoms with Crippen molar-refractivity contribution in [2.45, 2.75) is 20.0 Å². The Morgan fingerprint density at radius 3 is 2.33 bits per heavy atom. The van der Waals surface area contributed by atoms with E-state index in [-0.39, 0.29) is 6.54 Å². The fourth-order valence-electron chi connectivity index (χ4n) is 1.55. The molecular formula is C12H11F3N2O. The molecule has 2 aromatic rings. The summed E-state index contributed by atoms with van der Waals surface area (Å²) in [5.41, 5.74) is 1.02. The van der Waals surface area contributed by atoms with Crippen LogP contribution in [0.3, 0.4) is 0 Å². The first-order valence-electron chi connectivity index (χ1n) is 5.32. The minimum atomic E-state index is -1.45. The zero-order valence-electron chi connectivity index (χ0n) is 9.64. The highest BCUT2D eigenvalue weighted by Gasteiger charge is 2.10. The van der Waals surface area contributed by atoms with Crippen molar-refractivity contribution in [3.63, 3.8) is 0 Å². The number of nitrogens with one attached hydrogen (secondary N) is 1. The Hall–Kier alpha value is -1.82. The molecule has 2 rings (SSSR count). The van der Waals surface area contributed by atoms with Crippen molar-refractivity contribution in [2.24, 2.45) is 0 Å². The summed E-state index contributed by atoms with van der Waals surface area (Å²) in [6.45, 7) is 2.37. The normalized spacial score (nSPS) is 10.9. The Morgan fingerprint density at radius 1 is 1.11 bits per heavy atom. The molecule has 0 spiro atoms. The van der Waals surface area contributed by atoms with Gasteiger partial charge in [-0.05, 0) is 24.6 Å². The number of hydrogen-bond acceptors (Lipinski definition) is 3. The van der Waals surface area contributed by atoms with E-state index in [1.165, 1.54) is 0 Å². The van der Waals surface area contributed by atoms with Crippen LogP contribution in [0.2, 0.25) is 0 Å². The molecule has 0 fully saturated rings. The van der Waals surface area contributed by atoms with Crippen LogP contribution in [0.1, 0.15) is 17.0 Å². The van der Waals surface area contributed by atoms with Crippen LogP contribution in [-0.4, -0.2) is 5.16 Å². The van der Waals surface area contributed by atoms with Gasteiger partial charge in [-0.25, -0.2) is 13.2 Å². The summed E-state index contributed by atoms with van der Waals surface area (Å²) in [4.78, 5) is 0. The molecule has 0 aliphatic heterocycles. The van der Waals surface area contributed by atoms with Crippen LogP contribution in [0.4, 0.5) is 13.2 Å². The summed E-state index contributed by atoms with van der Waals surface area (Å²) in [7, 11) is 0. The van der Waals surface area contributed by atoms with Crippen LogP contribution >= 0.6 is 0 Å². The molecule has 96 valence electrons. The van der Waals surface area contributed by atoms with Gasteiger partial charge in [0.2, 0.25) is 0 Å². The molecule has 0 saturated carbocycles. The number of hydrogen-bond donors (Lipinski definition) is 1. The number of benzene rings is 1. The summed E-state index contributed by atoms with van der Waals surface area (Å²) in [5.74, 6) is -3.15. The van der Waals surface area contributed by atoms with Gasteiger partial charge >= 0.3 is 0 Å². The maximum absolute atomic E-state index is 12.9. The predicted molar refractivity (Wildman–Crippen MR) is 58.1 cm³/mol. The number of aryl methyl sites for hydroxylation is 1. The molecule has 6 heteroatoms. The van der Waals surface area contributed by atoms with Crippen molar-refractivity contribution in [1.29, 1.82) is 0 Å². The van der Waals surface area contributed by atoms with Gasteiger partial charge in [0, 0.05) is 19.2 Å². The SMILES string of the molecule is Cc1cc(CNCc2cc(F)c(F)c(F)c2)no1. The Labute approximate surface area is 102 Å². The van der Waals surface area contributed by atoms with Crippen LogP contribution in [0, 0.1) is 24.4 Å². The van der Waals surface area contributed by atoms with Gasteiger partial charge in [-0.2, -0.15) is 0 Å². The van der Waals surface area contributed by atoms with Crippen molar-refractivity contribution in [2.75, 3.05) is 0 Å². The number of rotatable bonds is 4. The monoisotopic (exact) mass is 256 g/mol. The van der Waals surface area contributed by atoms with Crippen molar-refractivity contribution in [3.05, 3.63) is 52.7 Å². The smallest absolute Gasteiger partial charge is 0.194 e. The number of nitrogens with zero attached hydrogens (tertiary/aromatic N) is 1. The molecule has 1 N–H and O–H groups in total. The van der Waals surface area contributed by atoms with Crippen LogP contribution < -0.4 is 5.32 Å². The van der Waals surface area contributed by atoms with Crippen molar-refractivity contribution in [1.82, 2.24) is 10.5 Å². The van der Waals surface area contributed by atoms with E-state index < -0.39 is 17.5 Å². The lowest BCUT2D eigenvalue weighted by Gasteiger charge is -2.04. The predicted octanol–water partition coefficient (Wildman–Crippen LogP) is 2.69. The van der Waals surface area contributed by atoms with E-state index >= 15 is 0 Å². The second-order valence-electron chi connectivity index (χ2n) is 3.91. The summed E-state index contributed by atoms with van der Waals surface area (Å²) >= 11 is 0. The highest BCUT2D eigenvalue weighted by atomic mass is 19.2. The summed E-state index contributed by atoms with van der Waals surface area (Å²) in [6.07, 6.45) is 0. The maximum atomic E-state index is 12.9. The molecule has 0 bridgehead atoms. The third-order valence-electron chi connectivity index (χ3n) is 2.36. The van der Waals surface area contributed by atoms with Gasteiger partial charge in [-0.15, -0.1) is 0 Å². The molecule has 18 heavy (non-hydrogen) atoms. The zero-order chi connectivity index (χ0) is 13.1. The van der Waals surface area contributed by atoms with E-state index in [0.29, 0.717) is 23.6 Å². The zero-order valence-corrected chi connectivity index (χ0v) is 9.64. The average Bonchev–Trinajstić information content (AvgIpc) is 2.72. The van der Waals surface area contributed by atoms with Gasteiger partial charge in [-0.1, -0.05) is 5.16 Å². The fourth-order valence-corrected chi connectivity index (χ4v) is 1.55. The Morgan fingerprint density at radius 2 is 1.78 bits per heavy atom. The molecule has 1 aromatic heterocycles. The van der Waals surface area contributed by atoms with Gasteiger partial charge in [0.1, 0.15) is 5.76 Å². The van der Waals surface area contributed by atoms with Gasteiger partial charge in [0.25, 0.3) is 0 Å². The Bertz CT molecular complexity index is 531. The van der Waals surface area contributed by atoms with Crippen LogP contribution in [0.5, 0.6) is 0 Å². The summed E-state index contributed by atoms with van der Waals surface area (Å²) in [5, 5.41) is 6.68. The van der Waals surface area contributed by atoms with Crippen molar-refractivity contribution < 1.29 is 17.7 Å². The minimum Gasteiger partial charge on any atom is -0.361 e. The van der Waals surface area contributed by atoms with Gasteiger partial charge in [0.15, 0.2) is 17.5 Å². The lowest BCUT2D eigenvalue weighted by atomic mass is 10.2. The molecule has 1 aromatic carbocycles. The Balaban J connectivity index is 1.94. The first-order chi connectivity index (χ1) is 8.56. The Kier molecular flexibility index (Phi) is 3.66. The molecule has 0 radical (unpaired) electrons. The number of aromatic nitrogens is 1. The van der Waals surface area contributed by atoms with Crippen LogP contribution in [0.25, 0.3) is 0 Å². The molecule has 0 aliphatic carbocycles. The lowest BCUT2D eigenvalue weighted by molar-refractivity contribution is 0.388. The fraction of sp³-hybridized carbons (Fsp3) is 0.250. The molecule has 0 atom stereocenters. The lowest BCUT2D eigenvalue weighted by Crippen LogP contribution is -2.13. The largest absolute Gasteiger partial charge is 0.361 e. The molecule has 3 nitrogen and oxygen atoms in total. The third-order valence-corrected chi connectivity index (χ3v) is 2.36. The molecule has 0 unspecified atom stereocenters. The summed E-state index contributed by atoms with van der Waals surface area (Å²) < 4.78 is 43.4. The molecule has 0 amide bonds. The molecular weight excluding hydrogens is 245 g/mol. The topological polar surface area (TPSA) is 38.1 Å². The van der Waals surface area contributed by atoms with E-state index in [1.807, 2.05) is 0 Å². The average molecular weight is 256 g/mol. The van der Waals surface area contributed by atoms with Crippen LogP contribution in [-0.2, 0) is 13.1 Å².